The van der Waals surface area contributed by atoms with E-state index in [0.717, 1.165) is 10.0 Å². The number of benzene rings is 3. The number of halogens is 1. The largest absolute Gasteiger partial charge is 0.449 e. The van der Waals surface area contributed by atoms with Crippen LogP contribution < -0.4 is 5.32 Å². The summed E-state index contributed by atoms with van der Waals surface area (Å²) >= 11 is 3.53. The first-order valence-electron chi connectivity index (χ1n) is 10.1. The van der Waals surface area contributed by atoms with E-state index in [1.165, 1.54) is 22.3 Å². The zero-order valence-electron chi connectivity index (χ0n) is 16.6. The molecule has 5 heteroatoms. The van der Waals surface area contributed by atoms with Crippen LogP contribution in [0.5, 0.6) is 0 Å². The normalized spacial score (nSPS) is 13.4. The Hall–Kier alpha value is -2.63. The summed E-state index contributed by atoms with van der Waals surface area (Å²) in [7, 11) is 0. The van der Waals surface area contributed by atoms with Gasteiger partial charge in [0.1, 0.15) is 6.61 Å². The van der Waals surface area contributed by atoms with Gasteiger partial charge in [-0.3, -0.25) is 0 Å². The molecule has 4 nitrogen and oxygen atoms in total. The van der Waals surface area contributed by atoms with Gasteiger partial charge < -0.3 is 15.2 Å². The second-order valence-electron chi connectivity index (χ2n) is 7.55. The highest BCUT2D eigenvalue weighted by atomic mass is 79.9. The maximum absolute atomic E-state index is 12.3. The highest BCUT2D eigenvalue weighted by Crippen LogP contribution is 2.44. The molecule has 0 radical (unpaired) electrons. The molecule has 0 spiro atoms. The molecule has 1 aliphatic carbocycles. The standard InChI is InChI=1S/C25H24BrNO3/c26-24-12-6-1-7-18(24)13-17(15-28)14-27-25(29)30-16-23-21-10-4-2-8-19(21)20-9-3-5-11-22(20)23/h1-12,17,23,28H,13-16H2,(H,27,29). The molecule has 3 aromatic rings. The van der Waals surface area contributed by atoms with Gasteiger partial charge in [0.25, 0.3) is 0 Å². The Kier molecular flexibility index (Phi) is 6.50. The number of carbonyl (C=O) groups is 1. The predicted molar refractivity (Wildman–Crippen MR) is 121 cm³/mol. The first-order chi connectivity index (χ1) is 14.7. The van der Waals surface area contributed by atoms with E-state index in [1.54, 1.807) is 0 Å². The monoisotopic (exact) mass is 465 g/mol. The van der Waals surface area contributed by atoms with Crippen LogP contribution in [0.2, 0.25) is 0 Å². The fourth-order valence-electron chi connectivity index (χ4n) is 4.05. The average Bonchev–Trinajstić information content (AvgIpc) is 3.10. The lowest BCUT2D eigenvalue weighted by Gasteiger charge is -2.17. The van der Waals surface area contributed by atoms with Gasteiger partial charge in [-0.05, 0) is 40.3 Å². The van der Waals surface area contributed by atoms with Crippen molar-refractivity contribution in [3.8, 4) is 11.1 Å². The molecule has 3 aromatic carbocycles. The maximum atomic E-state index is 12.3. The third kappa shape index (κ3) is 4.42. The van der Waals surface area contributed by atoms with E-state index < -0.39 is 6.09 Å². The lowest BCUT2D eigenvalue weighted by molar-refractivity contribution is 0.138. The molecule has 0 aliphatic heterocycles. The number of amides is 1. The topological polar surface area (TPSA) is 58.6 Å². The van der Waals surface area contributed by atoms with Crippen molar-refractivity contribution in [2.24, 2.45) is 5.92 Å². The third-order valence-electron chi connectivity index (χ3n) is 5.60. The highest BCUT2D eigenvalue weighted by Gasteiger charge is 2.29. The Morgan fingerprint density at radius 2 is 1.57 bits per heavy atom. The smallest absolute Gasteiger partial charge is 0.407 e. The predicted octanol–water partition coefficient (Wildman–Crippen LogP) is 5.14. The number of aliphatic hydroxyl groups is 1. The quantitative estimate of drug-likeness (QED) is 0.507. The molecule has 0 bridgehead atoms. The van der Waals surface area contributed by atoms with E-state index in [-0.39, 0.29) is 25.0 Å². The second-order valence-corrected chi connectivity index (χ2v) is 8.40. The molecule has 2 N–H and O–H groups in total. The van der Waals surface area contributed by atoms with Crippen LogP contribution in [0.25, 0.3) is 11.1 Å². The molecular weight excluding hydrogens is 442 g/mol. The minimum atomic E-state index is -0.456. The Balaban J connectivity index is 1.34. The van der Waals surface area contributed by atoms with Crippen molar-refractivity contribution in [2.75, 3.05) is 19.8 Å². The number of carbonyl (C=O) groups excluding carboxylic acids is 1. The van der Waals surface area contributed by atoms with Crippen molar-refractivity contribution in [3.63, 3.8) is 0 Å². The Morgan fingerprint density at radius 1 is 0.967 bits per heavy atom. The summed E-state index contributed by atoms with van der Waals surface area (Å²) in [6.45, 7) is 0.632. The SMILES string of the molecule is O=C(NCC(CO)Cc1ccccc1Br)OCC1c2ccccc2-c2ccccc21. The lowest BCUT2D eigenvalue weighted by atomic mass is 9.98. The summed E-state index contributed by atoms with van der Waals surface area (Å²) in [4.78, 5) is 12.3. The van der Waals surface area contributed by atoms with Gasteiger partial charge in [0.05, 0.1) is 0 Å². The van der Waals surface area contributed by atoms with Crippen LogP contribution in [0, 0.1) is 5.92 Å². The molecule has 1 aliphatic rings. The lowest BCUT2D eigenvalue weighted by Crippen LogP contribution is -2.33. The molecule has 0 saturated carbocycles. The van der Waals surface area contributed by atoms with E-state index in [2.05, 4.69) is 45.5 Å². The summed E-state index contributed by atoms with van der Waals surface area (Å²) in [6.07, 6.45) is 0.212. The molecular formula is C25H24BrNO3. The minimum absolute atomic E-state index is 0.00894. The zero-order chi connectivity index (χ0) is 20.9. The molecule has 0 saturated heterocycles. The van der Waals surface area contributed by atoms with E-state index in [1.807, 2.05) is 48.5 Å². The fourth-order valence-corrected chi connectivity index (χ4v) is 4.50. The van der Waals surface area contributed by atoms with Gasteiger partial charge in [0.2, 0.25) is 0 Å². The fraction of sp³-hybridized carbons (Fsp3) is 0.240. The number of ether oxygens (including phenoxy) is 1. The van der Waals surface area contributed by atoms with Gasteiger partial charge in [-0.15, -0.1) is 0 Å². The second kappa shape index (κ2) is 9.45. The van der Waals surface area contributed by atoms with Gasteiger partial charge in [0, 0.05) is 29.5 Å². The van der Waals surface area contributed by atoms with Crippen molar-refractivity contribution in [1.29, 1.82) is 0 Å². The third-order valence-corrected chi connectivity index (χ3v) is 6.38. The molecule has 0 aromatic heterocycles. The van der Waals surface area contributed by atoms with E-state index in [4.69, 9.17) is 4.74 Å². The summed E-state index contributed by atoms with van der Waals surface area (Å²) < 4.78 is 6.57. The van der Waals surface area contributed by atoms with Crippen LogP contribution in [0.1, 0.15) is 22.6 Å². The molecule has 1 amide bonds. The minimum Gasteiger partial charge on any atom is -0.449 e. The van der Waals surface area contributed by atoms with Crippen molar-refractivity contribution >= 4 is 22.0 Å². The van der Waals surface area contributed by atoms with Gasteiger partial charge in [-0.2, -0.15) is 0 Å². The van der Waals surface area contributed by atoms with Crippen LogP contribution in [0.4, 0.5) is 4.79 Å². The van der Waals surface area contributed by atoms with Crippen molar-refractivity contribution in [1.82, 2.24) is 5.32 Å². The summed E-state index contributed by atoms with van der Waals surface area (Å²) in [5.41, 5.74) is 5.89. The summed E-state index contributed by atoms with van der Waals surface area (Å²) in [5, 5.41) is 12.5. The van der Waals surface area contributed by atoms with Gasteiger partial charge in [0.15, 0.2) is 0 Å². The van der Waals surface area contributed by atoms with Crippen molar-refractivity contribution < 1.29 is 14.6 Å². The van der Waals surface area contributed by atoms with E-state index >= 15 is 0 Å². The van der Waals surface area contributed by atoms with Crippen molar-refractivity contribution in [2.45, 2.75) is 12.3 Å². The molecule has 154 valence electrons. The Morgan fingerprint density at radius 3 is 2.20 bits per heavy atom. The van der Waals surface area contributed by atoms with Gasteiger partial charge in [-0.25, -0.2) is 4.79 Å². The van der Waals surface area contributed by atoms with Gasteiger partial charge >= 0.3 is 6.09 Å². The molecule has 1 unspecified atom stereocenters. The summed E-state index contributed by atoms with van der Waals surface area (Å²) in [6, 6.07) is 24.4. The number of aliphatic hydroxyl groups excluding tert-OH is 1. The number of hydrogen-bond acceptors (Lipinski definition) is 3. The Bertz CT molecular complexity index is 991. The number of hydrogen-bond donors (Lipinski definition) is 2. The van der Waals surface area contributed by atoms with E-state index in [9.17, 15) is 9.90 Å². The van der Waals surface area contributed by atoms with Crippen molar-refractivity contribution in [3.05, 3.63) is 94.0 Å². The maximum Gasteiger partial charge on any atom is 0.407 e. The van der Waals surface area contributed by atoms with Gasteiger partial charge in [-0.1, -0.05) is 82.7 Å². The number of nitrogens with one attached hydrogen (secondary N) is 1. The van der Waals surface area contributed by atoms with Crippen LogP contribution in [-0.2, 0) is 11.2 Å². The highest BCUT2D eigenvalue weighted by molar-refractivity contribution is 9.10. The summed E-state index contributed by atoms with van der Waals surface area (Å²) in [5.74, 6) is -0.0405. The van der Waals surface area contributed by atoms with E-state index in [0.29, 0.717) is 13.0 Å². The molecule has 4 rings (SSSR count). The van der Waals surface area contributed by atoms with Crippen LogP contribution in [0.15, 0.2) is 77.3 Å². The number of rotatable bonds is 7. The molecule has 0 heterocycles. The van der Waals surface area contributed by atoms with Crippen LogP contribution in [-0.4, -0.2) is 31.0 Å². The number of fused-ring (bicyclic) bond motifs is 3. The first-order valence-corrected chi connectivity index (χ1v) is 10.9. The number of alkyl carbamates (subject to hydrolysis) is 1. The first kappa shape index (κ1) is 20.6. The Labute approximate surface area is 185 Å². The average molecular weight is 466 g/mol. The zero-order valence-corrected chi connectivity index (χ0v) is 18.1. The van der Waals surface area contributed by atoms with Crippen LogP contribution in [0.3, 0.4) is 0 Å². The van der Waals surface area contributed by atoms with Crippen LogP contribution >= 0.6 is 15.9 Å². The molecule has 0 fully saturated rings. The molecule has 30 heavy (non-hydrogen) atoms. The molecule has 1 atom stereocenters.